The number of hydrogen-bond acceptors (Lipinski definition) is 4. The highest BCUT2D eigenvalue weighted by atomic mass is 32.2. The average Bonchev–Trinajstić information content (AvgIpc) is 2.60. The number of carbonyl (C=O) groups is 2. The molecule has 0 bridgehead atoms. The van der Waals surface area contributed by atoms with Gasteiger partial charge >= 0.3 is 5.97 Å². The minimum absolute atomic E-state index is 0.157. The number of hydrogen-bond donors (Lipinski definition) is 2. The summed E-state index contributed by atoms with van der Waals surface area (Å²) in [6, 6.07) is 11.6. The molecule has 1 atom stereocenters. The van der Waals surface area contributed by atoms with Crippen molar-refractivity contribution in [1.82, 2.24) is 5.32 Å². The van der Waals surface area contributed by atoms with Crippen LogP contribution in [0.3, 0.4) is 0 Å². The molecule has 2 rings (SSSR count). The van der Waals surface area contributed by atoms with Gasteiger partial charge in [-0.1, -0.05) is 29.8 Å². The first-order valence-electron chi connectivity index (χ1n) is 7.77. The predicted molar refractivity (Wildman–Crippen MR) is 98.2 cm³/mol. The van der Waals surface area contributed by atoms with Crippen LogP contribution in [0, 0.1) is 13.8 Å². The van der Waals surface area contributed by atoms with Crippen LogP contribution in [-0.2, 0) is 9.59 Å². The molecule has 1 amide bonds. The van der Waals surface area contributed by atoms with Crippen molar-refractivity contribution in [2.24, 2.45) is 0 Å². The Kier molecular flexibility index (Phi) is 6.47. The van der Waals surface area contributed by atoms with Crippen LogP contribution in [0.5, 0.6) is 5.75 Å². The van der Waals surface area contributed by atoms with Gasteiger partial charge < -0.3 is 15.2 Å². The van der Waals surface area contributed by atoms with Crippen molar-refractivity contribution >= 4 is 23.6 Å². The van der Waals surface area contributed by atoms with Crippen LogP contribution in [0.4, 0.5) is 0 Å². The van der Waals surface area contributed by atoms with Crippen LogP contribution in [0.15, 0.2) is 47.4 Å². The molecule has 0 saturated carbocycles. The first kappa shape index (κ1) is 18.9. The molecule has 2 aromatic carbocycles. The zero-order chi connectivity index (χ0) is 18.4. The molecule has 0 heterocycles. The highest BCUT2D eigenvalue weighted by Gasteiger charge is 2.22. The molecule has 0 aliphatic heterocycles. The fourth-order valence-corrected chi connectivity index (χ4v) is 3.23. The summed E-state index contributed by atoms with van der Waals surface area (Å²) < 4.78 is 5.06. The predicted octanol–water partition coefficient (Wildman–Crippen LogP) is 3.35. The van der Waals surface area contributed by atoms with Crippen LogP contribution >= 0.6 is 11.8 Å². The number of carbonyl (C=O) groups excluding carboxylic acids is 1. The Morgan fingerprint density at radius 1 is 1.16 bits per heavy atom. The number of carboxylic acid groups (broad SMARTS) is 1. The lowest BCUT2D eigenvalue weighted by Crippen LogP contribution is -2.34. The molecule has 0 aliphatic carbocycles. The molecule has 0 aromatic heterocycles. The van der Waals surface area contributed by atoms with E-state index in [4.69, 9.17) is 4.74 Å². The Morgan fingerprint density at radius 3 is 2.44 bits per heavy atom. The third-order valence-electron chi connectivity index (χ3n) is 3.70. The topological polar surface area (TPSA) is 75.6 Å². The number of nitrogens with one attached hydrogen (secondary N) is 1. The Morgan fingerprint density at radius 2 is 1.84 bits per heavy atom. The van der Waals surface area contributed by atoms with Crippen LogP contribution in [0.2, 0.25) is 0 Å². The summed E-state index contributed by atoms with van der Waals surface area (Å²) in [5.74, 6) is -0.640. The number of thioether (sulfide) groups is 1. The van der Waals surface area contributed by atoms with E-state index in [1.165, 1.54) is 18.9 Å². The van der Waals surface area contributed by atoms with Crippen LogP contribution < -0.4 is 10.1 Å². The maximum Gasteiger partial charge on any atom is 0.330 e. The summed E-state index contributed by atoms with van der Waals surface area (Å²) in [4.78, 5) is 24.7. The van der Waals surface area contributed by atoms with Gasteiger partial charge in [0.1, 0.15) is 5.75 Å². The number of amides is 1. The molecule has 0 saturated heterocycles. The Labute approximate surface area is 151 Å². The second kappa shape index (κ2) is 8.58. The molecule has 132 valence electrons. The van der Waals surface area contributed by atoms with Gasteiger partial charge in [-0.15, -0.1) is 11.8 Å². The van der Waals surface area contributed by atoms with E-state index in [-0.39, 0.29) is 11.7 Å². The zero-order valence-electron chi connectivity index (χ0n) is 14.4. The van der Waals surface area contributed by atoms with Crippen molar-refractivity contribution < 1.29 is 19.4 Å². The quantitative estimate of drug-likeness (QED) is 0.742. The molecule has 0 radical (unpaired) electrons. The van der Waals surface area contributed by atoms with Crippen molar-refractivity contribution in [3.05, 3.63) is 59.2 Å². The first-order chi connectivity index (χ1) is 11.9. The van der Waals surface area contributed by atoms with Gasteiger partial charge in [0.25, 0.3) is 0 Å². The van der Waals surface area contributed by atoms with Gasteiger partial charge in [0.15, 0.2) is 6.04 Å². The standard InChI is InChI=1S/C19H21NO4S/c1-12-4-5-13(2)16(10-12)25-11-17(21)20-18(19(22)23)14-6-8-15(24-3)9-7-14/h4-10,18H,11H2,1-3H3,(H,20,21)(H,22,23). The molecule has 1 unspecified atom stereocenters. The minimum atomic E-state index is -1.10. The molecule has 5 nitrogen and oxygen atoms in total. The van der Waals surface area contributed by atoms with E-state index in [9.17, 15) is 14.7 Å². The van der Waals surface area contributed by atoms with Crippen LogP contribution in [0.1, 0.15) is 22.7 Å². The van der Waals surface area contributed by atoms with Crippen LogP contribution in [-0.4, -0.2) is 29.8 Å². The molecule has 0 spiro atoms. The maximum atomic E-state index is 12.2. The first-order valence-corrected chi connectivity index (χ1v) is 8.75. The van der Waals surface area contributed by atoms with Gasteiger partial charge in [-0.2, -0.15) is 0 Å². The van der Waals surface area contributed by atoms with Gasteiger partial charge in [0.2, 0.25) is 5.91 Å². The molecule has 0 fully saturated rings. The largest absolute Gasteiger partial charge is 0.497 e. The summed E-state index contributed by atoms with van der Waals surface area (Å²) >= 11 is 1.40. The molecule has 0 aliphatic rings. The summed E-state index contributed by atoms with van der Waals surface area (Å²) in [7, 11) is 1.54. The van der Waals surface area contributed by atoms with Gasteiger partial charge in [-0.25, -0.2) is 4.79 Å². The number of aliphatic carboxylic acids is 1. The molecule has 2 aromatic rings. The van der Waals surface area contributed by atoms with E-state index in [1.54, 1.807) is 24.3 Å². The Balaban J connectivity index is 2.02. The van der Waals surface area contributed by atoms with E-state index in [0.717, 1.165) is 16.0 Å². The zero-order valence-corrected chi connectivity index (χ0v) is 15.2. The van der Waals surface area contributed by atoms with Crippen LogP contribution in [0.25, 0.3) is 0 Å². The number of aryl methyl sites for hydroxylation is 2. The summed E-state index contributed by atoms with van der Waals surface area (Å²) in [5, 5.41) is 12.0. The SMILES string of the molecule is COc1ccc(C(NC(=O)CSc2cc(C)ccc2C)C(=O)O)cc1. The second-order valence-electron chi connectivity index (χ2n) is 5.67. The lowest BCUT2D eigenvalue weighted by Gasteiger charge is -2.15. The molecule has 2 N–H and O–H groups in total. The number of methoxy groups -OCH3 is 1. The molecule has 25 heavy (non-hydrogen) atoms. The van der Waals surface area contributed by atoms with Gasteiger partial charge in [-0.3, -0.25) is 4.79 Å². The number of carboxylic acids is 1. The van der Waals surface area contributed by atoms with Gasteiger partial charge in [0.05, 0.1) is 12.9 Å². The average molecular weight is 359 g/mol. The summed E-state index contributed by atoms with van der Waals surface area (Å²) in [6.07, 6.45) is 0. The highest BCUT2D eigenvalue weighted by Crippen LogP contribution is 2.24. The summed E-state index contributed by atoms with van der Waals surface area (Å²) in [6.45, 7) is 3.98. The molecular weight excluding hydrogens is 338 g/mol. The fraction of sp³-hybridized carbons (Fsp3) is 0.263. The maximum absolute atomic E-state index is 12.2. The van der Waals surface area contributed by atoms with E-state index >= 15 is 0 Å². The molecular formula is C19H21NO4S. The van der Waals surface area contributed by atoms with Crippen molar-refractivity contribution in [3.63, 3.8) is 0 Å². The number of rotatable bonds is 7. The highest BCUT2D eigenvalue weighted by molar-refractivity contribution is 8.00. The van der Waals surface area contributed by atoms with Gasteiger partial charge in [-0.05, 0) is 43.2 Å². The van der Waals surface area contributed by atoms with E-state index in [2.05, 4.69) is 5.32 Å². The Bertz CT molecular complexity index is 759. The van der Waals surface area contributed by atoms with Crippen molar-refractivity contribution in [1.29, 1.82) is 0 Å². The fourth-order valence-electron chi connectivity index (χ4n) is 2.29. The lowest BCUT2D eigenvalue weighted by molar-refractivity contribution is -0.141. The third-order valence-corrected chi connectivity index (χ3v) is 4.86. The summed E-state index contributed by atoms with van der Waals surface area (Å²) in [5.41, 5.74) is 2.71. The minimum Gasteiger partial charge on any atom is -0.497 e. The van der Waals surface area contributed by atoms with Crippen molar-refractivity contribution in [2.75, 3.05) is 12.9 Å². The van der Waals surface area contributed by atoms with E-state index in [1.807, 2.05) is 32.0 Å². The monoisotopic (exact) mass is 359 g/mol. The van der Waals surface area contributed by atoms with E-state index < -0.39 is 12.0 Å². The van der Waals surface area contributed by atoms with Gasteiger partial charge in [0, 0.05) is 4.90 Å². The molecule has 6 heteroatoms. The smallest absolute Gasteiger partial charge is 0.330 e. The lowest BCUT2D eigenvalue weighted by atomic mass is 10.1. The number of benzene rings is 2. The normalized spacial score (nSPS) is 11.6. The van der Waals surface area contributed by atoms with Crippen molar-refractivity contribution in [3.8, 4) is 5.75 Å². The number of ether oxygens (including phenoxy) is 1. The second-order valence-corrected chi connectivity index (χ2v) is 6.69. The third kappa shape index (κ3) is 5.26. The van der Waals surface area contributed by atoms with E-state index in [0.29, 0.717) is 11.3 Å². The van der Waals surface area contributed by atoms with Crippen molar-refractivity contribution in [2.45, 2.75) is 24.8 Å². The Hall–Kier alpha value is -2.47.